The number of benzene rings is 2. The number of nitrogens with zero attached hydrogens (tertiary/aromatic N) is 3. The van der Waals surface area contributed by atoms with Crippen molar-refractivity contribution in [2.75, 3.05) is 6.61 Å². The van der Waals surface area contributed by atoms with Crippen LogP contribution in [0.5, 0.6) is 0 Å². The van der Waals surface area contributed by atoms with Gasteiger partial charge in [-0.05, 0) is 19.4 Å². The van der Waals surface area contributed by atoms with Crippen molar-refractivity contribution in [3.63, 3.8) is 0 Å². The summed E-state index contributed by atoms with van der Waals surface area (Å²) in [4.78, 5) is 35.4. The first kappa shape index (κ1) is 21.5. The highest BCUT2D eigenvalue weighted by Crippen LogP contribution is 2.49. The number of nitro groups is 2. The van der Waals surface area contributed by atoms with Crippen LogP contribution < -0.4 is 0 Å². The lowest BCUT2D eigenvalue weighted by Gasteiger charge is -2.37. The van der Waals surface area contributed by atoms with Crippen LogP contribution in [0.2, 0.25) is 0 Å². The van der Waals surface area contributed by atoms with Gasteiger partial charge in [0.25, 0.3) is 6.04 Å². The molecule has 0 aliphatic rings. The molecule has 2 rings (SSSR count). The van der Waals surface area contributed by atoms with Crippen LogP contribution in [-0.2, 0) is 14.9 Å². The van der Waals surface area contributed by atoms with Crippen molar-refractivity contribution in [3.05, 3.63) is 92.0 Å². The molecule has 0 radical (unpaired) electrons. The third kappa shape index (κ3) is 3.40. The molecule has 0 saturated heterocycles. The molecule has 0 amide bonds. The summed E-state index contributed by atoms with van der Waals surface area (Å²) in [6.45, 7) is 2.39. The third-order valence-electron chi connectivity index (χ3n) is 5.00. The Morgan fingerprint density at radius 1 is 1.10 bits per heavy atom. The maximum Gasteiger partial charge on any atom is 0.415 e. The van der Waals surface area contributed by atoms with E-state index in [4.69, 9.17) is 4.74 Å². The smallest absolute Gasteiger partial charge is 0.415 e. The van der Waals surface area contributed by atoms with E-state index in [1.54, 1.807) is 24.3 Å². The van der Waals surface area contributed by atoms with Crippen molar-refractivity contribution in [1.29, 1.82) is 5.26 Å². The number of carbonyl (C=O) groups excluding carboxylic acids is 1. The van der Waals surface area contributed by atoms with Crippen LogP contribution >= 0.6 is 0 Å². The van der Waals surface area contributed by atoms with Gasteiger partial charge in [-0.25, -0.2) is 4.79 Å². The highest BCUT2D eigenvalue weighted by Gasteiger charge is 2.74. The zero-order valence-electron chi connectivity index (χ0n) is 15.8. The van der Waals surface area contributed by atoms with Gasteiger partial charge in [-0.1, -0.05) is 60.7 Å². The minimum Gasteiger partial charge on any atom is -0.460 e. The van der Waals surface area contributed by atoms with Crippen molar-refractivity contribution in [1.82, 2.24) is 0 Å². The van der Waals surface area contributed by atoms with Gasteiger partial charge in [-0.15, -0.1) is 0 Å². The van der Waals surface area contributed by atoms with Crippen molar-refractivity contribution >= 4 is 5.97 Å². The van der Waals surface area contributed by atoms with E-state index in [-0.39, 0.29) is 17.7 Å². The summed E-state index contributed by atoms with van der Waals surface area (Å²) in [5.74, 6) is -1.44. The maximum atomic E-state index is 12.8. The van der Waals surface area contributed by atoms with Crippen LogP contribution in [0.25, 0.3) is 0 Å². The van der Waals surface area contributed by atoms with E-state index < -0.39 is 32.8 Å². The molecule has 0 spiro atoms. The molecule has 0 heterocycles. The number of rotatable bonds is 8. The van der Waals surface area contributed by atoms with Crippen LogP contribution in [0.15, 0.2) is 60.7 Å². The summed E-state index contributed by atoms with van der Waals surface area (Å²) >= 11 is 0. The Kier molecular flexibility index (Phi) is 6.28. The molecule has 9 nitrogen and oxygen atoms in total. The first-order chi connectivity index (χ1) is 13.8. The quantitative estimate of drug-likeness (QED) is 0.379. The van der Waals surface area contributed by atoms with Crippen LogP contribution in [0, 0.1) is 31.6 Å². The van der Waals surface area contributed by atoms with E-state index in [1.165, 1.54) is 56.3 Å². The number of ether oxygens (including phenoxy) is 1. The lowest BCUT2D eigenvalue weighted by Crippen LogP contribution is -2.64. The summed E-state index contributed by atoms with van der Waals surface area (Å²) in [5, 5.41) is 34.3. The topological polar surface area (TPSA) is 136 Å². The molecular weight excluding hydrogens is 378 g/mol. The van der Waals surface area contributed by atoms with Crippen molar-refractivity contribution in [2.45, 2.75) is 30.8 Å². The molecule has 0 N–H and O–H groups in total. The molecule has 2 aromatic carbocycles. The minimum atomic E-state index is -3.06. The monoisotopic (exact) mass is 397 g/mol. The third-order valence-corrected chi connectivity index (χ3v) is 5.00. The molecule has 3 atom stereocenters. The van der Waals surface area contributed by atoms with Crippen molar-refractivity contribution in [2.24, 2.45) is 0 Å². The Balaban J connectivity index is 2.98. The Labute approximate surface area is 166 Å². The maximum absolute atomic E-state index is 12.8. The van der Waals surface area contributed by atoms with Crippen molar-refractivity contribution < 1.29 is 19.4 Å². The predicted octanol–water partition coefficient (Wildman–Crippen LogP) is 3.06. The molecule has 0 aliphatic carbocycles. The van der Waals surface area contributed by atoms with Crippen LogP contribution in [-0.4, -0.2) is 28.0 Å². The molecule has 150 valence electrons. The predicted molar refractivity (Wildman–Crippen MR) is 102 cm³/mol. The molecule has 9 heteroatoms. The van der Waals surface area contributed by atoms with Gasteiger partial charge in [-0.3, -0.25) is 20.2 Å². The minimum absolute atomic E-state index is 0.0943. The second kappa shape index (κ2) is 8.48. The fourth-order valence-electron chi connectivity index (χ4n) is 3.56. The second-order valence-electron chi connectivity index (χ2n) is 6.47. The SMILES string of the molecule is CCOC(=O)C(C#N)([N+](=O)[O-])C(C)(c1ccccc1)C(c1ccccc1)[N+](=O)[O-]. The van der Waals surface area contributed by atoms with E-state index in [2.05, 4.69) is 0 Å². The van der Waals surface area contributed by atoms with E-state index in [0.717, 1.165) is 0 Å². The molecular formula is C20H19N3O6. The van der Waals surface area contributed by atoms with E-state index in [9.17, 15) is 30.3 Å². The van der Waals surface area contributed by atoms with Gasteiger partial charge in [0.2, 0.25) is 0 Å². The van der Waals surface area contributed by atoms with E-state index in [1.807, 2.05) is 0 Å². The highest BCUT2D eigenvalue weighted by atomic mass is 16.6. The Morgan fingerprint density at radius 2 is 1.62 bits per heavy atom. The normalized spacial score (nSPS) is 15.8. The standard InChI is InChI=1S/C20H19N3O6/c1-3-29-18(24)20(14-21,23(27)28)19(2,16-12-8-5-9-13-16)17(22(25)26)15-10-6-4-7-11-15/h4-13,17H,3H2,1-2H3. The van der Waals surface area contributed by atoms with Crippen molar-refractivity contribution in [3.8, 4) is 6.07 Å². The summed E-state index contributed by atoms with van der Waals surface area (Å²) in [7, 11) is 0. The lowest BCUT2D eigenvalue weighted by molar-refractivity contribution is -0.593. The molecule has 0 bridgehead atoms. The average Bonchev–Trinajstić information content (AvgIpc) is 2.70. The zero-order valence-corrected chi connectivity index (χ0v) is 15.8. The molecule has 29 heavy (non-hydrogen) atoms. The lowest BCUT2D eigenvalue weighted by atomic mass is 9.61. The first-order valence-corrected chi connectivity index (χ1v) is 8.74. The Morgan fingerprint density at radius 3 is 2.03 bits per heavy atom. The fraction of sp³-hybridized carbons (Fsp3) is 0.300. The Bertz CT molecular complexity index is 944. The summed E-state index contributed by atoms with van der Waals surface area (Å²) < 4.78 is 4.87. The van der Waals surface area contributed by atoms with Crippen LogP contribution in [0.3, 0.4) is 0 Å². The number of carbonyl (C=O) groups is 1. The number of esters is 1. The van der Waals surface area contributed by atoms with E-state index in [0.29, 0.717) is 0 Å². The molecule has 2 aromatic rings. The van der Waals surface area contributed by atoms with E-state index >= 15 is 0 Å². The molecule has 0 saturated carbocycles. The number of hydrogen-bond donors (Lipinski definition) is 0. The average molecular weight is 397 g/mol. The summed E-state index contributed by atoms with van der Waals surface area (Å²) in [6.07, 6.45) is 0. The fourth-order valence-corrected chi connectivity index (χ4v) is 3.56. The number of nitriles is 1. The van der Waals surface area contributed by atoms with Crippen LogP contribution in [0.1, 0.15) is 31.0 Å². The summed E-state index contributed by atoms with van der Waals surface area (Å²) in [6, 6.07) is 14.8. The van der Waals surface area contributed by atoms with Crippen LogP contribution in [0.4, 0.5) is 0 Å². The van der Waals surface area contributed by atoms with Gasteiger partial charge < -0.3 is 4.74 Å². The van der Waals surface area contributed by atoms with Gasteiger partial charge >= 0.3 is 11.5 Å². The molecule has 0 aliphatic heterocycles. The van der Waals surface area contributed by atoms with Gasteiger partial charge in [-0.2, -0.15) is 5.26 Å². The number of hydrogen-bond acceptors (Lipinski definition) is 7. The second-order valence-corrected chi connectivity index (χ2v) is 6.47. The molecule has 0 aromatic heterocycles. The van der Waals surface area contributed by atoms with Gasteiger partial charge in [0, 0.05) is 10.5 Å². The highest BCUT2D eigenvalue weighted by molar-refractivity contribution is 5.85. The molecule has 0 fully saturated rings. The summed E-state index contributed by atoms with van der Waals surface area (Å²) in [5.41, 5.74) is -5.03. The first-order valence-electron chi connectivity index (χ1n) is 8.74. The van der Waals surface area contributed by atoms with Gasteiger partial charge in [0.05, 0.1) is 11.5 Å². The van der Waals surface area contributed by atoms with Gasteiger partial charge in [0.1, 0.15) is 0 Å². The Hall–Kier alpha value is -3.80. The zero-order chi connectivity index (χ0) is 21.7. The largest absolute Gasteiger partial charge is 0.460 e. The van der Waals surface area contributed by atoms with Gasteiger partial charge in [0.15, 0.2) is 11.5 Å². The molecule has 3 unspecified atom stereocenters.